The second kappa shape index (κ2) is 11.3. The van der Waals surface area contributed by atoms with Crippen LogP contribution in [0.15, 0.2) is 66.2 Å². The van der Waals surface area contributed by atoms with Crippen LogP contribution in [0.2, 0.25) is 0 Å². The number of fused-ring (bicyclic) bond motifs is 1. The fourth-order valence-electron chi connectivity index (χ4n) is 3.79. The van der Waals surface area contributed by atoms with E-state index in [0.29, 0.717) is 21.6 Å². The van der Waals surface area contributed by atoms with Crippen LogP contribution in [0.1, 0.15) is 5.56 Å². The van der Waals surface area contributed by atoms with E-state index in [1.165, 1.54) is 41.5 Å². The highest BCUT2D eigenvalue weighted by molar-refractivity contribution is 7.91. The van der Waals surface area contributed by atoms with Crippen molar-refractivity contribution in [2.24, 2.45) is 0 Å². The lowest BCUT2D eigenvalue weighted by molar-refractivity contribution is -0.120. The summed E-state index contributed by atoms with van der Waals surface area (Å²) in [5, 5.41) is 2.26. The average molecular weight is 578 g/mol. The van der Waals surface area contributed by atoms with Gasteiger partial charge in [0.2, 0.25) is 5.91 Å². The number of para-hydroxylation sites is 1. The number of rotatable bonds is 8. The largest absolute Gasteiger partial charge is 0.330 e. The van der Waals surface area contributed by atoms with Crippen molar-refractivity contribution in [3.63, 3.8) is 0 Å². The molecule has 0 aliphatic carbocycles. The molecule has 3 aromatic carbocycles. The summed E-state index contributed by atoms with van der Waals surface area (Å²) in [6, 6.07) is 9.98. The monoisotopic (exact) mass is 577 g/mol. The predicted octanol–water partition coefficient (Wildman–Crippen LogP) is 3.97. The van der Waals surface area contributed by atoms with Crippen LogP contribution in [0.4, 0.5) is 29.3 Å². The Balaban J connectivity index is 1.58. The number of carbonyl (C=O) groups excluding carboxylic acids is 2. The molecule has 0 aliphatic rings. The number of nitrogens with one attached hydrogen (secondary N) is 2. The molecule has 0 saturated heterocycles. The SMILES string of the molecule is CN(C(=O)C(Cc1cc(F)cc(F)c1)NC(=O)NS(=O)(=O)N(C)c1ccccc1F)c1ccc2scnc2c1. The molecule has 0 radical (unpaired) electrons. The van der Waals surface area contributed by atoms with Crippen LogP contribution in [0.3, 0.4) is 0 Å². The van der Waals surface area contributed by atoms with Crippen LogP contribution in [0.5, 0.6) is 0 Å². The molecule has 0 aliphatic heterocycles. The zero-order chi connectivity index (χ0) is 28.3. The van der Waals surface area contributed by atoms with Gasteiger partial charge >= 0.3 is 16.2 Å². The number of aromatic nitrogens is 1. The fourth-order valence-corrected chi connectivity index (χ4v) is 5.29. The van der Waals surface area contributed by atoms with E-state index in [-0.39, 0.29) is 17.7 Å². The number of benzene rings is 3. The minimum atomic E-state index is -4.60. The molecule has 0 spiro atoms. The molecule has 0 bridgehead atoms. The Morgan fingerprint density at radius 3 is 2.38 bits per heavy atom. The van der Waals surface area contributed by atoms with Gasteiger partial charge in [-0.05, 0) is 48.0 Å². The molecule has 14 heteroatoms. The summed E-state index contributed by atoms with van der Waals surface area (Å²) < 4.78 is 70.4. The zero-order valence-corrected chi connectivity index (χ0v) is 22.2. The number of carbonyl (C=O) groups is 2. The van der Waals surface area contributed by atoms with Crippen molar-refractivity contribution < 1.29 is 31.2 Å². The molecule has 1 unspecified atom stereocenters. The molecule has 9 nitrogen and oxygen atoms in total. The van der Waals surface area contributed by atoms with Crippen molar-refractivity contribution in [3.8, 4) is 0 Å². The Hall–Kier alpha value is -4.17. The van der Waals surface area contributed by atoms with Gasteiger partial charge in [0.25, 0.3) is 0 Å². The lowest BCUT2D eigenvalue weighted by Gasteiger charge is -2.26. The number of hydrogen-bond acceptors (Lipinski definition) is 6. The van der Waals surface area contributed by atoms with Crippen LogP contribution in [0.25, 0.3) is 10.2 Å². The first kappa shape index (κ1) is 27.9. The van der Waals surface area contributed by atoms with E-state index in [2.05, 4.69) is 10.3 Å². The number of urea groups is 1. The first-order valence-electron chi connectivity index (χ1n) is 11.3. The number of anilines is 2. The van der Waals surface area contributed by atoms with Gasteiger partial charge in [-0.2, -0.15) is 8.42 Å². The van der Waals surface area contributed by atoms with Gasteiger partial charge in [-0.15, -0.1) is 11.3 Å². The minimum absolute atomic E-state index is 0.0424. The minimum Gasteiger partial charge on any atom is -0.325 e. The molecule has 39 heavy (non-hydrogen) atoms. The molecular formula is C25H22F3N5O4S2. The van der Waals surface area contributed by atoms with Gasteiger partial charge in [0, 0.05) is 32.3 Å². The van der Waals surface area contributed by atoms with Gasteiger partial charge in [0.1, 0.15) is 23.5 Å². The Bertz CT molecular complexity index is 1630. The summed E-state index contributed by atoms with van der Waals surface area (Å²) in [7, 11) is -2.14. The molecule has 204 valence electrons. The molecular weight excluding hydrogens is 555 g/mol. The maximum absolute atomic E-state index is 14.1. The molecule has 1 aromatic heterocycles. The highest BCUT2D eigenvalue weighted by Crippen LogP contribution is 2.24. The van der Waals surface area contributed by atoms with Crippen LogP contribution in [-0.4, -0.2) is 45.5 Å². The standard InChI is InChI=1S/C25H22F3N5O4S2/c1-32(18-7-8-23-20(13-18)29-14-38-23)24(34)21(11-15-9-16(26)12-17(27)10-15)30-25(35)31-39(36,37)33(2)22-6-4-3-5-19(22)28/h3-10,12-14,21H,11H2,1-2H3,(H2,30,31,35). The summed E-state index contributed by atoms with van der Waals surface area (Å²) in [6.45, 7) is 0. The predicted molar refractivity (Wildman–Crippen MR) is 142 cm³/mol. The summed E-state index contributed by atoms with van der Waals surface area (Å²) in [6.07, 6.45) is -0.368. The van der Waals surface area contributed by atoms with Crippen LogP contribution >= 0.6 is 11.3 Å². The molecule has 1 atom stereocenters. The van der Waals surface area contributed by atoms with Crippen LogP contribution in [0, 0.1) is 17.5 Å². The number of thiazole rings is 1. The highest BCUT2D eigenvalue weighted by atomic mass is 32.2. The Morgan fingerprint density at radius 2 is 1.69 bits per heavy atom. The smallest absolute Gasteiger partial charge is 0.325 e. The van der Waals surface area contributed by atoms with E-state index < -0.39 is 45.6 Å². The molecule has 4 rings (SSSR count). The third-order valence-electron chi connectivity index (χ3n) is 5.77. The lowest BCUT2D eigenvalue weighted by Crippen LogP contribution is -2.54. The third-order valence-corrected chi connectivity index (χ3v) is 7.94. The topological polar surface area (TPSA) is 112 Å². The first-order valence-corrected chi connectivity index (χ1v) is 13.6. The summed E-state index contributed by atoms with van der Waals surface area (Å²) in [4.78, 5) is 31.6. The van der Waals surface area contributed by atoms with Gasteiger partial charge in [0.05, 0.1) is 21.4 Å². The molecule has 4 aromatic rings. The quantitative estimate of drug-likeness (QED) is 0.329. The third kappa shape index (κ3) is 6.46. The average Bonchev–Trinajstić information content (AvgIpc) is 3.34. The van der Waals surface area contributed by atoms with E-state index in [0.717, 1.165) is 29.9 Å². The first-order chi connectivity index (χ1) is 18.4. The van der Waals surface area contributed by atoms with Crippen molar-refractivity contribution in [2.45, 2.75) is 12.5 Å². The Morgan fingerprint density at radius 1 is 1.00 bits per heavy atom. The number of amides is 3. The Kier molecular flexibility index (Phi) is 8.06. The number of halogens is 3. The molecule has 0 fully saturated rings. The van der Waals surface area contributed by atoms with Gasteiger partial charge in [-0.1, -0.05) is 12.1 Å². The van der Waals surface area contributed by atoms with Crippen molar-refractivity contribution >= 4 is 55.1 Å². The van der Waals surface area contributed by atoms with Crippen molar-refractivity contribution in [1.29, 1.82) is 0 Å². The van der Waals surface area contributed by atoms with E-state index in [4.69, 9.17) is 0 Å². The van der Waals surface area contributed by atoms with Crippen molar-refractivity contribution in [2.75, 3.05) is 23.3 Å². The lowest BCUT2D eigenvalue weighted by atomic mass is 10.0. The fraction of sp³-hybridized carbons (Fsp3) is 0.160. The molecule has 1 heterocycles. The van der Waals surface area contributed by atoms with Gasteiger partial charge in [0.15, 0.2) is 0 Å². The second-order valence-electron chi connectivity index (χ2n) is 8.44. The van der Waals surface area contributed by atoms with E-state index >= 15 is 0 Å². The van der Waals surface area contributed by atoms with E-state index in [9.17, 15) is 31.2 Å². The highest BCUT2D eigenvalue weighted by Gasteiger charge is 2.29. The van der Waals surface area contributed by atoms with Crippen molar-refractivity contribution in [3.05, 3.63) is 89.2 Å². The molecule has 3 amide bonds. The van der Waals surface area contributed by atoms with Crippen molar-refractivity contribution in [1.82, 2.24) is 15.0 Å². The second-order valence-corrected chi connectivity index (χ2v) is 11.0. The van der Waals surface area contributed by atoms with Gasteiger partial charge in [-0.3, -0.25) is 9.10 Å². The number of nitrogens with zero attached hydrogens (tertiary/aromatic N) is 3. The normalized spacial score (nSPS) is 12.1. The number of hydrogen-bond donors (Lipinski definition) is 2. The maximum Gasteiger partial charge on any atom is 0.330 e. The summed E-state index contributed by atoms with van der Waals surface area (Å²) in [5.74, 6) is -3.33. The van der Waals surface area contributed by atoms with E-state index in [1.54, 1.807) is 28.4 Å². The molecule has 2 N–H and O–H groups in total. The van der Waals surface area contributed by atoms with Crippen LogP contribution in [-0.2, 0) is 21.4 Å². The van der Waals surface area contributed by atoms with E-state index in [1.807, 2.05) is 0 Å². The summed E-state index contributed by atoms with van der Waals surface area (Å²) >= 11 is 1.41. The van der Waals surface area contributed by atoms with Gasteiger partial charge < -0.3 is 10.2 Å². The summed E-state index contributed by atoms with van der Waals surface area (Å²) in [5.41, 5.74) is 2.41. The van der Waals surface area contributed by atoms with Crippen LogP contribution < -0.4 is 19.2 Å². The number of likely N-dealkylation sites (N-methyl/N-ethyl adjacent to an activating group) is 1. The molecule has 0 saturated carbocycles. The van der Waals surface area contributed by atoms with Gasteiger partial charge in [-0.25, -0.2) is 27.7 Å². The maximum atomic E-state index is 14.1. The Labute approximate surface area is 226 Å². The zero-order valence-electron chi connectivity index (χ0n) is 20.6.